The van der Waals surface area contributed by atoms with Crippen LogP contribution < -0.4 is 4.74 Å². The molecule has 2 amide bonds. The number of ether oxygens (including phenoxy) is 1. The van der Waals surface area contributed by atoms with Crippen LogP contribution in [-0.4, -0.2) is 40.6 Å². The molecule has 2 N–H and O–H groups in total. The van der Waals surface area contributed by atoms with E-state index in [0.717, 1.165) is 4.90 Å². The Bertz CT molecular complexity index is 633. The zero-order valence-corrected chi connectivity index (χ0v) is 11.4. The van der Waals surface area contributed by atoms with Gasteiger partial charge in [0, 0.05) is 12.6 Å². The normalized spacial score (nSPS) is 14.7. The Kier molecular flexibility index (Phi) is 4.27. The zero-order valence-electron chi connectivity index (χ0n) is 11.4. The quantitative estimate of drug-likeness (QED) is 0.649. The lowest BCUT2D eigenvalue weighted by atomic mass is 10.1. The first-order valence-corrected chi connectivity index (χ1v) is 6.33. The number of methoxy groups -OCH3 is 1. The smallest absolute Gasteiger partial charge is 0.253 e. The van der Waals surface area contributed by atoms with Crippen LogP contribution in [0.5, 0.6) is 17.2 Å². The summed E-state index contributed by atoms with van der Waals surface area (Å²) in [6.45, 7) is 0.350. The van der Waals surface area contributed by atoms with Crippen LogP contribution in [-0.2, 0) is 9.59 Å². The first-order chi connectivity index (χ1) is 10.0. The third-order valence-electron chi connectivity index (χ3n) is 3.03. The molecular formula is C15H15NO5. The molecule has 0 radical (unpaired) electrons. The summed E-state index contributed by atoms with van der Waals surface area (Å²) >= 11 is 0. The molecule has 1 aromatic carbocycles. The fourth-order valence-electron chi connectivity index (χ4n) is 1.93. The second-order valence-corrected chi connectivity index (χ2v) is 4.44. The molecule has 0 saturated carbocycles. The van der Waals surface area contributed by atoms with Gasteiger partial charge in [0.05, 0.1) is 7.11 Å². The van der Waals surface area contributed by atoms with Gasteiger partial charge >= 0.3 is 0 Å². The van der Waals surface area contributed by atoms with Crippen molar-refractivity contribution in [1.29, 1.82) is 0 Å². The molecular weight excluding hydrogens is 274 g/mol. The molecule has 6 nitrogen and oxygen atoms in total. The molecule has 1 aliphatic heterocycles. The van der Waals surface area contributed by atoms with Crippen LogP contribution in [0.25, 0.3) is 6.08 Å². The molecule has 0 aromatic heterocycles. The largest absolute Gasteiger partial charge is 0.504 e. The minimum atomic E-state index is -0.434. The van der Waals surface area contributed by atoms with Crippen molar-refractivity contribution in [2.75, 3.05) is 13.7 Å². The summed E-state index contributed by atoms with van der Waals surface area (Å²) in [5.41, 5.74) is 0.468. The summed E-state index contributed by atoms with van der Waals surface area (Å²) in [6, 6.07) is 2.76. The van der Waals surface area contributed by atoms with Gasteiger partial charge in [-0.2, -0.15) is 0 Å². The van der Waals surface area contributed by atoms with Crippen LogP contribution in [0.15, 0.2) is 30.4 Å². The Morgan fingerprint density at radius 3 is 2.81 bits per heavy atom. The van der Waals surface area contributed by atoms with Crippen molar-refractivity contribution in [3.63, 3.8) is 0 Å². The second kappa shape index (κ2) is 6.13. The monoisotopic (exact) mass is 289 g/mol. The minimum absolute atomic E-state index is 0.0964. The van der Waals surface area contributed by atoms with Crippen LogP contribution in [0.1, 0.15) is 12.0 Å². The third-order valence-corrected chi connectivity index (χ3v) is 3.03. The van der Waals surface area contributed by atoms with Crippen LogP contribution in [0.3, 0.4) is 0 Å². The van der Waals surface area contributed by atoms with Crippen molar-refractivity contribution in [2.24, 2.45) is 0 Å². The number of hydrogen-bond acceptors (Lipinski definition) is 5. The molecule has 110 valence electrons. The lowest BCUT2D eigenvalue weighted by Gasteiger charge is -2.19. The summed E-state index contributed by atoms with van der Waals surface area (Å²) in [5.74, 6) is -1.40. The Hall–Kier alpha value is -2.76. The number of amides is 2. The number of aromatic hydroxyl groups is 2. The van der Waals surface area contributed by atoms with Crippen molar-refractivity contribution in [1.82, 2.24) is 4.90 Å². The molecule has 0 fully saturated rings. The lowest BCUT2D eigenvalue weighted by Crippen LogP contribution is -2.37. The molecule has 0 saturated heterocycles. The zero-order chi connectivity index (χ0) is 15.4. The maximum absolute atomic E-state index is 11.9. The van der Waals surface area contributed by atoms with Gasteiger partial charge in [-0.1, -0.05) is 6.08 Å². The van der Waals surface area contributed by atoms with Gasteiger partial charge in [0.1, 0.15) is 0 Å². The van der Waals surface area contributed by atoms with Crippen LogP contribution >= 0.6 is 0 Å². The van der Waals surface area contributed by atoms with Gasteiger partial charge < -0.3 is 14.9 Å². The van der Waals surface area contributed by atoms with Crippen molar-refractivity contribution < 1.29 is 24.5 Å². The van der Waals surface area contributed by atoms with E-state index in [1.807, 2.05) is 0 Å². The topological polar surface area (TPSA) is 87.1 Å². The molecule has 0 spiro atoms. The van der Waals surface area contributed by atoms with E-state index >= 15 is 0 Å². The number of hydrogen-bond donors (Lipinski definition) is 2. The van der Waals surface area contributed by atoms with E-state index in [1.165, 1.54) is 37.5 Å². The standard InChI is InChI=1S/C15H15NO5/c1-21-12-9-10(8-11(17)15(12)20)5-6-14(19)16-7-3-2-4-13(16)18/h2,4-6,8-9,17,20H,3,7H2,1H3/b6-5+. The third kappa shape index (κ3) is 3.22. The average molecular weight is 289 g/mol. The molecule has 1 aromatic rings. The molecule has 21 heavy (non-hydrogen) atoms. The van der Waals surface area contributed by atoms with Crippen LogP contribution in [0.4, 0.5) is 0 Å². The van der Waals surface area contributed by atoms with E-state index in [9.17, 15) is 19.8 Å². The van der Waals surface area contributed by atoms with E-state index in [2.05, 4.69) is 0 Å². The minimum Gasteiger partial charge on any atom is -0.504 e. The number of imide groups is 1. The molecule has 0 unspecified atom stereocenters. The molecule has 2 rings (SSSR count). The summed E-state index contributed by atoms with van der Waals surface area (Å²) in [5, 5.41) is 19.1. The highest BCUT2D eigenvalue weighted by Gasteiger charge is 2.19. The van der Waals surface area contributed by atoms with Crippen LogP contribution in [0, 0.1) is 0 Å². The Morgan fingerprint density at radius 2 is 2.14 bits per heavy atom. The van der Waals surface area contributed by atoms with Crippen LogP contribution in [0.2, 0.25) is 0 Å². The Labute approximate surface area is 121 Å². The van der Waals surface area contributed by atoms with Gasteiger partial charge in [-0.05, 0) is 36.3 Å². The van der Waals surface area contributed by atoms with E-state index in [-0.39, 0.29) is 23.2 Å². The summed E-state index contributed by atoms with van der Waals surface area (Å²) in [4.78, 5) is 24.6. The fraction of sp³-hybridized carbons (Fsp3) is 0.200. The van der Waals surface area contributed by atoms with E-state index in [4.69, 9.17) is 4.74 Å². The Balaban J connectivity index is 2.17. The van der Waals surface area contributed by atoms with Crippen molar-refractivity contribution in [3.8, 4) is 17.2 Å². The predicted molar refractivity (Wildman–Crippen MR) is 75.8 cm³/mol. The lowest BCUT2D eigenvalue weighted by molar-refractivity contribution is -0.139. The number of carbonyl (C=O) groups excluding carboxylic acids is 2. The number of phenols is 2. The van der Waals surface area contributed by atoms with E-state index in [0.29, 0.717) is 18.5 Å². The summed E-state index contributed by atoms with van der Waals surface area (Å²) < 4.78 is 4.90. The Morgan fingerprint density at radius 1 is 1.38 bits per heavy atom. The van der Waals surface area contributed by atoms with E-state index < -0.39 is 5.91 Å². The fourth-order valence-corrected chi connectivity index (χ4v) is 1.93. The first-order valence-electron chi connectivity index (χ1n) is 6.33. The maximum Gasteiger partial charge on any atom is 0.253 e. The second-order valence-electron chi connectivity index (χ2n) is 4.44. The molecule has 1 aliphatic rings. The van der Waals surface area contributed by atoms with E-state index in [1.54, 1.807) is 6.08 Å². The highest BCUT2D eigenvalue weighted by atomic mass is 16.5. The number of phenolic OH excluding ortho intramolecular Hbond substituents is 2. The highest BCUT2D eigenvalue weighted by Crippen LogP contribution is 2.36. The van der Waals surface area contributed by atoms with Gasteiger partial charge in [0.25, 0.3) is 11.8 Å². The number of carbonyl (C=O) groups is 2. The molecule has 6 heteroatoms. The number of benzene rings is 1. The summed E-state index contributed by atoms with van der Waals surface area (Å²) in [7, 11) is 1.35. The average Bonchev–Trinajstić information content (AvgIpc) is 2.48. The highest BCUT2D eigenvalue weighted by molar-refractivity contribution is 6.06. The molecule has 0 aliphatic carbocycles. The SMILES string of the molecule is COc1cc(/C=C/C(=O)N2CCC=CC2=O)cc(O)c1O. The predicted octanol–water partition coefficient (Wildman–Crippen LogP) is 1.43. The van der Waals surface area contributed by atoms with Gasteiger partial charge in [-0.15, -0.1) is 0 Å². The molecule has 0 bridgehead atoms. The van der Waals surface area contributed by atoms with Gasteiger partial charge in [0.15, 0.2) is 11.5 Å². The van der Waals surface area contributed by atoms with Crippen molar-refractivity contribution in [3.05, 3.63) is 35.9 Å². The van der Waals surface area contributed by atoms with Crippen molar-refractivity contribution >= 4 is 17.9 Å². The van der Waals surface area contributed by atoms with Crippen molar-refractivity contribution in [2.45, 2.75) is 6.42 Å². The van der Waals surface area contributed by atoms with Gasteiger partial charge in [-0.3, -0.25) is 14.5 Å². The summed E-state index contributed by atoms with van der Waals surface area (Å²) in [6.07, 6.45) is 6.40. The van der Waals surface area contributed by atoms with Gasteiger partial charge in [0.2, 0.25) is 5.75 Å². The van der Waals surface area contributed by atoms with Gasteiger partial charge in [-0.25, -0.2) is 0 Å². The number of nitrogens with zero attached hydrogens (tertiary/aromatic N) is 1. The molecule has 1 heterocycles. The number of rotatable bonds is 3. The molecule has 0 atom stereocenters. The maximum atomic E-state index is 11.9. The first kappa shape index (κ1) is 14.6.